The highest BCUT2D eigenvalue weighted by atomic mass is 19.1. The molecule has 0 radical (unpaired) electrons. The van der Waals surface area contributed by atoms with E-state index in [0.29, 0.717) is 18.6 Å². The van der Waals surface area contributed by atoms with Gasteiger partial charge in [-0.3, -0.25) is 9.59 Å². The minimum atomic E-state index is -0.568. The van der Waals surface area contributed by atoms with E-state index in [9.17, 15) is 14.0 Å². The van der Waals surface area contributed by atoms with Gasteiger partial charge < -0.3 is 11.1 Å². The van der Waals surface area contributed by atoms with E-state index in [1.807, 2.05) is 13.8 Å². The molecule has 0 saturated heterocycles. The molecular formula is C20H23FN6O2. The van der Waals surface area contributed by atoms with Gasteiger partial charge in [-0.15, -0.1) is 0 Å². The summed E-state index contributed by atoms with van der Waals surface area (Å²) in [6, 6.07) is 5.87. The van der Waals surface area contributed by atoms with Crippen LogP contribution in [-0.4, -0.2) is 37.9 Å². The zero-order valence-electron chi connectivity index (χ0n) is 16.4. The number of benzene rings is 1. The molecule has 0 saturated carbocycles. The Hall–Kier alpha value is -3.36. The number of amides is 2. The van der Waals surface area contributed by atoms with Crippen molar-refractivity contribution in [2.75, 3.05) is 6.54 Å². The lowest BCUT2D eigenvalue weighted by molar-refractivity contribution is -0.123. The second-order valence-corrected chi connectivity index (χ2v) is 6.97. The number of aromatic nitrogens is 4. The zero-order valence-corrected chi connectivity index (χ0v) is 16.4. The number of aryl methyl sites for hydroxylation is 2. The van der Waals surface area contributed by atoms with Crippen LogP contribution in [0.15, 0.2) is 30.6 Å². The molecule has 2 aromatic heterocycles. The number of hydrogen-bond donors (Lipinski definition) is 2. The van der Waals surface area contributed by atoms with Crippen molar-refractivity contribution in [2.24, 2.45) is 11.7 Å². The van der Waals surface area contributed by atoms with Crippen molar-refractivity contribution in [3.05, 3.63) is 58.9 Å². The summed E-state index contributed by atoms with van der Waals surface area (Å²) >= 11 is 0. The fourth-order valence-electron chi connectivity index (χ4n) is 3.26. The van der Waals surface area contributed by atoms with Crippen molar-refractivity contribution in [3.63, 3.8) is 0 Å². The molecule has 29 heavy (non-hydrogen) atoms. The number of rotatable bonds is 8. The smallest absolute Gasteiger partial charge is 0.252 e. The first kappa shape index (κ1) is 20.4. The molecule has 0 aliphatic carbocycles. The minimum absolute atomic E-state index is 0.129. The van der Waals surface area contributed by atoms with E-state index in [4.69, 9.17) is 5.73 Å². The third-order valence-electron chi connectivity index (χ3n) is 4.93. The number of fused-ring (bicyclic) bond motifs is 1. The van der Waals surface area contributed by atoms with E-state index < -0.39 is 11.8 Å². The van der Waals surface area contributed by atoms with Gasteiger partial charge in [-0.25, -0.2) is 13.9 Å². The number of hydrogen-bond acceptors (Lipinski definition) is 5. The van der Waals surface area contributed by atoms with Crippen LogP contribution in [0, 0.1) is 25.6 Å². The monoisotopic (exact) mass is 398 g/mol. The molecule has 0 aliphatic rings. The van der Waals surface area contributed by atoms with Crippen molar-refractivity contribution >= 4 is 17.6 Å². The predicted octanol–water partition coefficient (Wildman–Crippen LogP) is 1.27. The van der Waals surface area contributed by atoms with Crippen LogP contribution >= 0.6 is 0 Å². The predicted molar refractivity (Wildman–Crippen MR) is 104 cm³/mol. The van der Waals surface area contributed by atoms with Crippen molar-refractivity contribution in [3.8, 4) is 0 Å². The molecule has 8 nitrogen and oxygen atoms in total. The Labute approximate surface area is 167 Å². The van der Waals surface area contributed by atoms with Gasteiger partial charge in [-0.1, -0.05) is 12.1 Å². The van der Waals surface area contributed by atoms with E-state index in [-0.39, 0.29) is 24.7 Å². The fourth-order valence-corrected chi connectivity index (χ4v) is 3.26. The highest BCUT2D eigenvalue weighted by Gasteiger charge is 2.18. The fraction of sp³-hybridized carbons (Fsp3) is 0.350. The van der Waals surface area contributed by atoms with Gasteiger partial charge in [0.05, 0.1) is 5.92 Å². The average Bonchev–Trinajstić information content (AvgIpc) is 3.14. The first-order valence-electron chi connectivity index (χ1n) is 9.31. The Kier molecular flexibility index (Phi) is 6.16. The van der Waals surface area contributed by atoms with Crippen LogP contribution < -0.4 is 11.1 Å². The third-order valence-corrected chi connectivity index (χ3v) is 4.93. The first-order chi connectivity index (χ1) is 13.8. The maximum atomic E-state index is 13.0. The van der Waals surface area contributed by atoms with Crippen LogP contribution in [0.3, 0.4) is 0 Å². The van der Waals surface area contributed by atoms with Crippen molar-refractivity contribution in [1.82, 2.24) is 24.9 Å². The highest BCUT2D eigenvalue weighted by molar-refractivity contribution is 5.80. The number of primary amides is 1. The maximum absolute atomic E-state index is 13.0. The van der Waals surface area contributed by atoms with Crippen molar-refractivity contribution in [1.29, 1.82) is 0 Å². The molecule has 152 valence electrons. The van der Waals surface area contributed by atoms with E-state index in [1.54, 1.807) is 16.6 Å². The molecule has 0 aliphatic heterocycles. The summed E-state index contributed by atoms with van der Waals surface area (Å²) in [4.78, 5) is 32.5. The number of carbonyl (C=O) groups is 2. The largest absolute Gasteiger partial charge is 0.369 e. The van der Waals surface area contributed by atoms with Crippen LogP contribution in [0.4, 0.5) is 4.39 Å². The van der Waals surface area contributed by atoms with Crippen molar-refractivity contribution in [2.45, 2.75) is 33.1 Å². The van der Waals surface area contributed by atoms with Gasteiger partial charge in [-0.2, -0.15) is 10.1 Å². The second-order valence-electron chi connectivity index (χ2n) is 6.97. The third kappa shape index (κ3) is 4.92. The second kappa shape index (κ2) is 8.76. The summed E-state index contributed by atoms with van der Waals surface area (Å²) in [7, 11) is 0. The summed E-state index contributed by atoms with van der Waals surface area (Å²) in [5, 5.41) is 6.91. The van der Waals surface area contributed by atoms with Gasteiger partial charge in [0.25, 0.3) is 5.78 Å². The first-order valence-corrected chi connectivity index (χ1v) is 9.31. The van der Waals surface area contributed by atoms with Crippen LogP contribution in [0.5, 0.6) is 0 Å². The molecular weight excluding hydrogens is 375 g/mol. The number of nitrogens with two attached hydrogens (primary N) is 1. The Balaban J connectivity index is 1.57. The lowest BCUT2D eigenvalue weighted by atomic mass is 9.98. The zero-order chi connectivity index (χ0) is 21.0. The maximum Gasteiger partial charge on any atom is 0.252 e. The van der Waals surface area contributed by atoms with Crippen LogP contribution in [0.25, 0.3) is 5.78 Å². The Morgan fingerprint density at radius 3 is 2.66 bits per heavy atom. The van der Waals surface area contributed by atoms with E-state index in [0.717, 1.165) is 22.5 Å². The summed E-state index contributed by atoms with van der Waals surface area (Å²) in [6.07, 6.45) is 2.51. The number of halogens is 1. The lowest BCUT2D eigenvalue weighted by Crippen LogP contribution is -2.37. The highest BCUT2D eigenvalue weighted by Crippen LogP contribution is 2.15. The summed E-state index contributed by atoms with van der Waals surface area (Å²) in [6.45, 7) is 3.92. The minimum Gasteiger partial charge on any atom is -0.369 e. The molecule has 3 N–H and O–H groups in total. The molecule has 3 aromatic rings. The van der Waals surface area contributed by atoms with Gasteiger partial charge in [0, 0.05) is 24.4 Å². The molecule has 9 heteroatoms. The van der Waals surface area contributed by atoms with Crippen molar-refractivity contribution < 1.29 is 14.0 Å². The molecule has 2 heterocycles. The van der Waals surface area contributed by atoms with Gasteiger partial charge >= 0.3 is 0 Å². The standard InChI is InChI=1S/C20H23FN6O2/c1-12-17(13(2)27-20(26-12)24-11-25-27)7-8-18(28)23-10-15(19(22)29)9-14-3-5-16(21)6-4-14/h3-6,11,15H,7-10H2,1-2H3,(H2,22,29)(H,23,28). The molecule has 2 amide bonds. The van der Waals surface area contributed by atoms with E-state index in [1.165, 1.54) is 18.5 Å². The van der Waals surface area contributed by atoms with Crippen LogP contribution in [0.1, 0.15) is 28.9 Å². The molecule has 0 fully saturated rings. The lowest BCUT2D eigenvalue weighted by Gasteiger charge is -2.15. The summed E-state index contributed by atoms with van der Waals surface area (Å²) < 4.78 is 14.7. The van der Waals surface area contributed by atoms with Gasteiger partial charge in [-0.05, 0) is 49.9 Å². The molecule has 0 spiro atoms. The number of carbonyl (C=O) groups excluding carboxylic acids is 2. The summed E-state index contributed by atoms with van der Waals surface area (Å²) in [5.74, 6) is -1.09. The average molecular weight is 398 g/mol. The van der Waals surface area contributed by atoms with Gasteiger partial charge in [0.15, 0.2) is 0 Å². The van der Waals surface area contributed by atoms with Gasteiger partial charge in [0.2, 0.25) is 11.8 Å². The molecule has 1 aromatic carbocycles. The topological polar surface area (TPSA) is 115 Å². The van der Waals surface area contributed by atoms with Crippen LogP contribution in [-0.2, 0) is 22.4 Å². The molecule has 1 atom stereocenters. The Bertz CT molecular complexity index is 1030. The SMILES string of the molecule is Cc1nc2ncnn2c(C)c1CCC(=O)NCC(Cc1ccc(F)cc1)C(N)=O. The van der Waals surface area contributed by atoms with Gasteiger partial charge in [0.1, 0.15) is 12.1 Å². The van der Waals surface area contributed by atoms with E-state index in [2.05, 4.69) is 20.4 Å². The quantitative estimate of drug-likeness (QED) is 0.593. The number of nitrogens with one attached hydrogen (secondary N) is 1. The molecule has 0 bridgehead atoms. The molecule has 1 unspecified atom stereocenters. The van der Waals surface area contributed by atoms with E-state index >= 15 is 0 Å². The normalized spacial score (nSPS) is 12.1. The van der Waals surface area contributed by atoms with Crippen LogP contribution in [0.2, 0.25) is 0 Å². The Morgan fingerprint density at radius 1 is 1.24 bits per heavy atom. The molecule has 3 rings (SSSR count). The summed E-state index contributed by atoms with van der Waals surface area (Å²) in [5.41, 5.74) is 8.88. The Morgan fingerprint density at radius 2 is 1.97 bits per heavy atom. The number of nitrogens with zero attached hydrogens (tertiary/aromatic N) is 4.